The molecule has 4 nitrogen and oxygen atoms in total. The topological polar surface area (TPSA) is 55.1 Å². The highest BCUT2D eigenvalue weighted by atomic mass is 16.4. The van der Waals surface area contributed by atoms with Crippen LogP contribution in [0.4, 0.5) is 0 Å². The van der Waals surface area contributed by atoms with Gasteiger partial charge in [0.2, 0.25) is 0 Å². The van der Waals surface area contributed by atoms with Gasteiger partial charge in [-0.1, -0.05) is 24.3 Å². The van der Waals surface area contributed by atoms with Crippen LogP contribution in [0.3, 0.4) is 0 Å². The molecule has 3 aromatic rings. The molecule has 94 valence electrons. The van der Waals surface area contributed by atoms with E-state index >= 15 is 0 Å². The van der Waals surface area contributed by atoms with E-state index in [0.29, 0.717) is 11.1 Å². The molecule has 0 aliphatic heterocycles. The normalized spacial score (nSPS) is 10.8. The molecular weight excluding hydrogens is 240 g/mol. The van der Waals surface area contributed by atoms with Crippen LogP contribution in [0.15, 0.2) is 48.8 Å². The zero-order valence-electron chi connectivity index (χ0n) is 10.4. The standard InChI is InChI=1S/C15H12N2O2/c1-17-9-12(8-16-17)13-6-10-4-2-3-5-11(10)7-14(13)15(18)19/h2-9H,1H3,(H,18,19). The van der Waals surface area contributed by atoms with E-state index in [4.69, 9.17) is 0 Å². The van der Waals surface area contributed by atoms with Crippen molar-refractivity contribution < 1.29 is 9.90 Å². The zero-order chi connectivity index (χ0) is 13.4. The Hall–Kier alpha value is -2.62. The third-order valence-electron chi connectivity index (χ3n) is 3.13. The fraction of sp³-hybridized carbons (Fsp3) is 0.0667. The maximum absolute atomic E-state index is 11.4. The van der Waals surface area contributed by atoms with Crippen LogP contribution in [0.25, 0.3) is 21.9 Å². The SMILES string of the molecule is Cn1cc(-c2cc3ccccc3cc2C(=O)O)cn1. The third-order valence-corrected chi connectivity index (χ3v) is 3.13. The zero-order valence-corrected chi connectivity index (χ0v) is 10.4. The highest BCUT2D eigenvalue weighted by molar-refractivity contribution is 6.02. The van der Waals surface area contributed by atoms with E-state index in [0.717, 1.165) is 16.3 Å². The molecule has 0 bridgehead atoms. The Morgan fingerprint density at radius 2 is 1.89 bits per heavy atom. The Balaban J connectivity index is 2.32. The van der Waals surface area contributed by atoms with Crippen LogP contribution in [0.2, 0.25) is 0 Å². The predicted molar refractivity (Wildman–Crippen MR) is 73.1 cm³/mol. The Labute approximate surface area is 109 Å². The van der Waals surface area contributed by atoms with Crippen molar-refractivity contribution in [3.8, 4) is 11.1 Å². The molecule has 1 heterocycles. The smallest absolute Gasteiger partial charge is 0.336 e. The third kappa shape index (κ3) is 1.97. The minimum atomic E-state index is -0.926. The maximum atomic E-state index is 11.4. The summed E-state index contributed by atoms with van der Waals surface area (Å²) in [4.78, 5) is 11.4. The quantitative estimate of drug-likeness (QED) is 0.763. The van der Waals surface area contributed by atoms with Gasteiger partial charge in [-0.05, 0) is 28.5 Å². The lowest BCUT2D eigenvalue weighted by atomic mass is 9.97. The van der Waals surface area contributed by atoms with Crippen molar-refractivity contribution in [2.45, 2.75) is 0 Å². The number of benzene rings is 2. The molecule has 0 spiro atoms. The molecule has 0 saturated carbocycles. The van der Waals surface area contributed by atoms with Gasteiger partial charge in [-0.25, -0.2) is 4.79 Å². The lowest BCUT2D eigenvalue weighted by Gasteiger charge is -2.06. The monoisotopic (exact) mass is 252 g/mol. The molecule has 0 atom stereocenters. The van der Waals surface area contributed by atoms with Gasteiger partial charge in [0, 0.05) is 18.8 Å². The van der Waals surface area contributed by atoms with Crippen molar-refractivity contribution in [2.75, 3.05) is 0 Å². The Morgan fingerprint density at radius 3 is 2.47 bits per heavy atom. The van der Waals surface area contributed by atoms with Gasteiger partial charge in [0.15, 0.2) is 0 Å². The second-order valence-electron chi connectivity index (χ2n) is 4.45. The van der Waals surface area contributed by atoms with E-state index in [2.05, 4.69) is 5.10 Å². The minimum Gasteiger partial charge on any atom is -0.478 e. The Kier molecular flexibility index (Phi) is 2.56. The number of hydrogen-bond donors (Lipinski definition) is 1. The number of hydrogen-bond acceptors (Lipinski definition) is 2. The summed E-state index contributed by atoms with van der Waals surface area (Å²) >= 11 is 0. The fourth-order valence-electron chi connectivity index (χ4n) is 2.22. The highest BCUT2D eigenvalue weighted by Gasteiger charge is 2.14. The second kappa shape index (κ2) is 4.24. The lowest BCUT2D eigenvalue weighted by molar-refractivity contribution is 0.0698. The van der Waals surface area contributed by atoms with Gasteiger partial charge in [-0.15, -0.1) is 0 Å². The van der Waals surface area contributed by atoms with Crippen LogP contribution in [-0.4, -0.2) is 20.9 Å². The van der Waals surface area contributed by atoms with Gasteiger partial charge in [0.1, 0.15) is 0 Å². The van der Waals surface area contributed by atoms with Gasteiger partial charge in [0.25, 0.3) is 0 Å². The summed E-state index contributed by atoms with van der Waals surface area (Å²) < 4.78 is 1.66. The minimum absolute atomic E-state index is 0.298. The second-order valence-corrected chi connectivity index (χ2v) is 4.45. The molecule has 2 aromatic carbocycles. The van der Waals surface area contributed by atoms with Crippen molar-refractivity contribution in [1.29, 1.82) is 0 Å². The molecular formula is C15H12N2O2. The lowest BCUT2D eigenvalue weighted by Crippen LogP contribution is -1.99. The average molecular weight is 252 g/mol. The summed E-state index contributed by atoms with van der Waals surface area (Å²) in [5, 5.41) is 15.4. The van der Waals surface area contributed by atoms with E-state index < -0.39 is 5.97 Å². The van der Waals surface area contributed by atoms with Gasteiger partial charge >= 0.3 is 5.97 Å². The van der Waals surface area contributed by atoms with Crippen LogP contribution in [0.5, 0.6) is 0 Å². The summed E-state index contributed by atoms with van der Waals surface area (Å²) in [7, 11) is 1.81. The van der Waals surface area contributed by atoms with Gasteiger partial charge in [-0.3, -0.25) is 4.68 Å². The van der Waals surface area contributed by atoms with E-state index in [1.165, 1.54) is 0 Å². The first-order chi connectivity index (χ1) is 9.15. The van der Waals surface area contributed by atoms with Gasteiger partial charge in [0.05, 0.1) is 11.8 Å². The highest BCUT2D eigenvalue weighted by Crippen LogP contribution is 2.28. The summed E-state index contributed by atoms with van der Waals surface area (Å²) in [5.41, 5.74) is 1.80. The number of carbonyl (C=O) groups is 1. The van der Waals surface area contributed by atoms with E-state index in [1.807, 2.05) is 43.6 Å². The first-order valence-corrected chi connectivity index (χ1v) is 5.90. The predicted octanol–water partition coefficient (Wildman–Crippen LogP) is 2.94. The summed E-state index contributed by atoms with van der Waals surface area (Å²) in [6.07, 6.45) is 3.49. The molecule has 4 heteroatoms. The van der Waals surface area contributed by atoms with Crippen LogP contribution in [0.1, 0.15) is 10.4 Å². The Morgan fingerprint density at radius 1 is 1.21 bits per heavy atom. The van der Waals surface area contributed by atoms with Crippen molar-refractivity contribution in [1.82, 2.24) is 9.78 Å². The first kappa shape index (κ1) is 11.5. The van der Waals surface area contributed by atoms with Crippen LogP contribution < -0.4 is 0 Å². The number of aromatic carboxylic acids is 1. The van der Waals surface area contributed by atoms with Gasteiger partial charge in [-0.2, -0.15) is 5.10 Å². The van der Waals surface area contributed by atoms with E-state index in [-0.39, 0.29) is 0 Å². The first-order valence-electron chi connectivity index (χ1n) is 5.90. The summed E-state index contributed by atoms with van der Waals surface area (Å²) in [6, 6.07) is 11.3. The van der Waals surface area contributed by atoms with Crippen molar-refractivity contribution >= 4 is 16.7 Å². The van der Waals surface area contributed by atoms with Crippen LogP contribution in [0, 0.1) is 0 Å². The molecule has 1 N–H and O–H groups in total. The molecule has 0 amide bonds. The number of carboxylic acid groups (broad SMARTS) is 1. The van der Waals surface area contributed by atoms with Crippen LogP contribution >= 0.6 is 0 Å². The van der Waals surface area contributed by atoms with Crippen molar-refractivity contribution in [3.63, 3.8) is 0 Å². The molecule has 3 rings (SSSR count). The number of rotatable bonds is 2. The van der Waals surface area contributed by atoms with E-state index in [9.17, 15) is 9.90 Å². The molecule has 0 fully saturated rings. The number of carboxylic acids is 1. The largest absolute Gasteiger partial charge is 0.478 e. The van der Waals surface area contributed by atoms with Gasteiger partial charge < -0.3 is 5.11 Å². The van der Waals surface area contributed by atoms with Crippen molar-refractivity contribution in [3.05, 3.63) is 54.4 Å². The molecule has 19 heavy (non-hydrogen) atoms. The Bertz CT molecular complexity index is 775. The number of fused-ring (bicyclic) bond motifs is 1. The number of aryl methyl sites for hydroxylation is 1. The van der Waals surface area contributed by atoms with Crippen LogP contribution in [-0.2, 0) is 7.05 Å². The molecule has 0 radical (unpaired) electrons. The molecule has 0 aliphatic carbocycles. The number of nitrogens with zero attached hydrogens (tertiary/aromatic N) is 2. The number of aromatic nitrogens is 2. The molecule has 1 aromatic heterocycles. The summed E-state index contributed by atoms with van der Waals surface area (Å²) in [5.74, 6) is -0.926. The molecule has 0 aliphatic rings. The average Bonchev–Trinajstić information content (AvgIpc) is 2.83. The summed E-state index contributed by atoms with van der Waals surface area (Å²) in [6.45, 7) is 0. The molecule has 0 unspecified atom stereocenters. The van der Waals surface area contributed by atoms with E-state index in [1.54, 1.807) is 16.9 Å². The van der Waals surface area contributed by atoms with Crippen molar-refractivity contribution in [2.24, 2.45) is 7.05 Å². The molecule has 0 saturated heterocycles. The fourth-order valence-corrected chi connectivity index (χ4v) is 2.22. The maximum Gasteiger partial charge on any atom is 0.336 e.